The van der Waals surface area contributed by atoms with Crippen LogP contribution in [0.3, 0.4) is 0 Å². The highest BCUT2D eigenvalue weighted by molar-refractivity contribution is 5.85. The Bertz CT molecular complexity index is 451. The van der Waals surface area contributed by atoms with Gasteiger partial charge in [0.25, 0.3) is 0 Å². The van der Waals surface area contributed by atoms with Gasteiger partial charge in [0.2, 0.25) is 0 Å². The van der Waals surface area contributed by atoms with Gasteiger partial charge < -0.3 is 10.5 Å². The van der Waals surface area contributed by atoms with Crippen LogP contribution in [0.5, 0.6) is 5.75 Å². The smallest absolute Gasteiger partial charge is 0.428 e. The molecule has 1 atom stereocenters. The highest BCUT2D eigenvalue weighted by Crippen LogP contribution is 2.29. The summed E-state index contributed by atoms with van der Waals surface area (Å²) >= 11 is 0. The van der Waals surface area contributed by atoms with Crippen molar-refractivity contribution >= 4 is 12.4 Å². The third kappa shape index (κ3) is 4.93. The van der Waals surface area contributed by atoms with Gasteiger partial charge in [0.15, 0.2) is 0 Å². The molecule has 1 aromatic rings. The molecule has 0 bridgehead atoms. The lowest BCUT2D eigenvalue weighted by Gasteiger charge is -2.18. The molecule has 8 heteroatoms. The van der Waals surface area contributed by atoms with E-state index in [1.54, 1.807) is 0 Å². The molecular weight excluding hydrogens is 288 g/mol. The Hall–Kier alpha value is -1.52. The minimum absolute atomic E-state index is 0. The van der Waals surface area contributed by atoms with E-state index in [9.17, 15) is 17.6 Å². The summed E-state index contributed by atoms with van der Waals surface area (Å²) in [6.45, 7) is 0. The van der Waals surface area contributed by atoms with E-state index in [0.29, 0.717) is 5.56 Å². The maximum Gasteiger partial charge on any atom is 0.461 e. The van der Waals surface area contributed by atoms with Gasteiger partial charge in [-0.25, -0.2) is 0 Å². The standard InChI is InChI=1S/C11H10F4N2O.ClH/c12-10(13)11(14,15)18-8-3-1-2-7(6-8)9(17)4-5-16;/h1-3,6,9-10H,4,17H2;1H/t9-;/m1./s1. The number of ether oxygens (including phenoxy) is 1. The molecule has 0 saturated carbocycles. The summed E-state index contributed by atoms with van der Waals surface area (Å²) in [7, 11) is 0. The highest BCUT2D eigenvalue weighted by Gasteiger charge is 2.43. The second-order valence-electron chi connectivity index (χ2n) is 3.51. The topological polar surface area (TPSA) is 59.0 Å². The Labute approximate surface area is 113 Å². The molecule has 0 aliphatic heterocycles. The largest absolute Gasteiger partial charge is 0.461 e. The zero-order chi connectivity index (χ0) is 13.8. The number of nitrogens with two attached hydrogens (primary N) is 1. The average molecular weight is 299 g/mol. The molecule has 0 heterocycles. The number of alkyl halides is 4. The van der Waals surface area contributed by atoms with Crippen LogP contribution in [0.15, 0.2) is 24.3 Å². The molecule has 0 radical (unpaired) electrons. The van der Waals surface area contributed by atoms with E-state index in [4.69, 9.17) is 11.0 Å². The summed E-state index contributed by atoms with van der Waals surface area (Å²) in [4.78, 5) is 0. The van der Waals surface area contributed by atoms with Gasteiger partial charge >= 0.3 is 12.5 Å². The van der Waals surface area contributed by atoms with Crippen molar-refractivity contribution in [1.29, 1.82) is 5.26 Å². The summed E-state index contributed by atoms with van der Waals surface area (Å²) in [5, 5.41) is 8.45. The molecule has 1 rings (SSSR count). The van der Waals surface area contributed by atoms with Crippen molar-refractivity contribution in [2.75, 3.05) is 0 Å². The fraction of sp³-hybridized carbons (Fsp3) is 0.364. The Morgan fingerprint density at radius 2 is 2.00 bits per heavy atom. The lowest BCUT2D eigenvalue weighted by atomic mass is 10.1. The molecule has 2 N–H and O–H groups in total. The van der Waals surface area contributed by atoms with E-state index >= 15 is 0 Å². The highest BCUT2D eigenvalue weighted by atomic mass is 35.5. The van der Waals surface area contributed by atoms with E-state index < -0.39 is 24.3 Å². The molecule has 0 saturated heterocycles. The van der Waals surface area contributed by atoms with Crippen LogP contribution < -0.4 is 10.5 Å². The lowest BCUT2D eigenvalue weighted by Crippen LogP contribution is -2.33. The second kappa shape index (κ2) is 7.16. The van der Waals surface area contributed by atoms with Crippen molar-refractivity contribution in [3.8, 4) is 11.8 Å². The Kier molecular flexibility index (Phi) is 6.59. The van der Waals surface area contributed by atoms with Gasteiger partial charge in [-0.3, -0.25) is 0 Å². The first-order chi connectivity index (χ1) is 8.36. The molecule has 0 spiro atoms. The van der Waals surface area contributed by atoms with Crippen molar-refractivity contribution in [2.45, 2.75) is 25.0 Å². The fourth-order valence-corrected chi connectivity index (χ4v) is 1.23. The van der Waals surface area contributed by atoms with Gasteiger partial charge in [-0.2, -0.15) is 22.8 Å². The van der Waals surface area contributed by atoms with Gasteiger partial charge in [-0.1, -0.05) is 12.1 Å². The zero-order valence-corrected chi connectivity index (χ0v) is 10.3. The number of hydrogen-bond acceptors (Lipinski definition) is 3. The molecule has 3 nitrogen and oxygen atoms in total. The van der Waals surface area contributed by atoms with Gasteiger partial charge in [0.1, 0.15) is 5.75 Å². The minimum Gasteiger partial charge on any atom is -0.428 e. The molecule has 0 aliphatic carbocycles. The van der Waals surface area contributed by atoms with Crippen LogP contribution in [-0.4, -0.2) is 12.5 Å². The third-order valence-electron chi connectivity index (χ3n) is 2.11. The molecule has 19 heavy (non-hydrogen) atoms. The first-order valence-electron chi connectivity index (χ1n) is 4.94. The summed E-state index contributed by atoms with van der Waals surface area (Å²) < 4.78 is 53.1. The summed E-state index contributed by atoms with van der Waals surface area (Å²) in [5.41, 5.74) is 5.94. The maximum absolute atomic E-state index is 12.7. The van der Waals surface area contributed by atoms with E-state index in [-0.39, 0.29) is 18.8 Å². The summed E-state index contributed by atoms with van der Waals surface area (Å²) in [6, 6.07) is 6.19. The van der Waals surface area contributed by atoms with Gasteiger partial charge in [0.05, 0.1) is 12.5 Å². The Morgan fingerprint density at radius 3 is 2.53 bits per heavy atom. The summed E-state index contributed by atoms with van der Waals surface area (Å²) in [5.74, 6) is -0.425. The molecule has 106 valence electrons. The van der Waals surface area contributed by atoms with Gasteiger partial charge in [0, 0.05) is 6.04 Å². The number of halogens is 5. The fourth-order valence-electron chi connectivity index (χ4n) is 1.23. The van der Waals surface area contributed by atoms with E-state index in [0.717, 1.165) is 12.1 Å². The zero-order valence-electron chi connectivity index (χ0n) is 9.52. The first kappa shape index (κ1) is 17.5. The number of hydrogen-bond donors (Lipinski definition) is 1. The van der Waals surface area contributed by atoms with E-state index in [2.05, 4.69) is 4.74 Å². The van der Waals surface area contributed by atoms with Crippen LogP contribution in [0, 0.1) is 11.3 Å². The predicted octanol–water partition coefficient (Wildman–Crippen LogP) is 3.26. The molecule has 0 fully saturated rings. The molecular formula is C11H11ClF4N2O. The minimum atomic E-state index is -4.56. The molecule has 0 unspecified atom stereocenters. The number of nitrogens with zero attached hydrogens (tertiary/aromatic N) is 1. The number of benzene rings is 1. The quantitative estimate of drug-likeness (QED) is 0.849. The first-order valence-corrected chi connectivity index (χ1v) is 4.94. The van der Waals surface area contributed by atoms with Gasteiger partial charge in [-0.05, 0) is 17.7 Å². The normalized spacial score (nSPS) is 12.5. The van der Waals surface area contributed by atoms with Crippen molar-refractivity contribution in [3.63, 3.8) is 0 Å². The van der Waals surface area contributed by atoms with Gasteiger partial charge in [-0.15, -0.1) is 12.4 Å². The lowest BCUT2D eigenvalue weighted by molar-refractivity contribution is -0.253. The second-order valence-corrected chi connectivity index (χ2v) is 3.51. The average Bonchev–Trinajstić information content (AvgIpc) is 2.29. The Morgan fingerprint density at radius 1 is 1.37 bits per heavy atom. The third-order valence-corrected chi connectivity index (χ3v) is 2.11. The predicted molar refractivity (Wildman–Crippen MR) is 62.4 cm³/mol. The molecule has 0 amide bonds. The molecule has 0 aromatic heterocycles. The van der Waals surface area contributed by atoms with Crippen LogP contribution in [0.1, 0.15) is 18.0 Å². The maximum atomic E-state index is 12.7. The van der Waals surface area contributed by atoms with Crippen molar-refractivity contribution in [1.82, 2.24) is 0 Å². The monoisotopic (exact) mass is 298 g/mol. The van der Waals surface area contributed by atoms with Crippen LogP contribution in [0.25, 0.3) is 0 Å². The molecule has 0 aliphatic rings. The van der Waals surface area contributed by atoms with Crippen molar-refractivity contribution < 1.29 is 22.3 Å². The van der Waals surface area contributed by atoms with Crippen molar-refractivity contribution in [3.05, 3.63) is 29.8 Å². The summed E-state index contributed by atoms with van der Waals surface area (Å²) in [6.07, 6.45) is -8.50. The number of nitriles is 1. The van der Waals surface area contributed by atoms with Crippen LogP contribution >= 0.6 is 12.4 Å². The Balaban J connectivity index is 0.00000324. The SMILES string of the molecule is Cl.N#CC[C@@H](N)c1cccc(OC(F)(F)C(F)F)c1. The van der Waals surface area contributed by atoms with Crippen LogP contribution in [0.2, 0.25) is 0 Å². The van der Waals surface area contributed by atoms with Crippen molar-refractivity contribution in [2.24, 2.45) is 5.73 Å². The van der Waals surface area contributed by atoms with Crippen LogP contribution in [0.4, 0.5) is 17.6 Å². The van der Waals surface area contributed by atoms with Crippen LogP contribution in [-0.2, 0) is 0 Å². The van der Waals surface area contributed by atoms with E-state index in [1.807, 2.05) is 6.07 Å². The van der Waals surface area contributed by atoms with E-state index in [1.165, 1.54) is 12.1 Å². The molecule has 1 aromatic carbocycles. The number of rotatable bonds is 5.